The number of likely N-dealkylation sites (tertiary alicyclic amines) is 1. The minimum atomic E-state index is 0.330. The van der Waals surface area contributed by atoms with Gasteiger partial charge in [-0.25, -0.2) is 0 Å². The van der Waals surface area contributed by atoms with Crippen LogP contribution in [0.2, 0.25) is 0 Å². The third-order valence-corrected chi connectivity index (χ3v) is 2.37. The zero-order valence-corrected chi connectivity index (χ0v) is 7.68. The van der Waals surface area contributed by atoms with Crippen LogP contribution in [0.15, 0.2) is 0 Å². The van der Waals surface area contributed by atoms with E-state index in [-0.39, 0.29) is 0 Å². The van der Waals surface area contributed by atoms with Crippen molar-refractivity contribution in [2.75, 3.05) is 19.6 Å². The number of rotatable bonds is 5. The Bertz CT molecular complexity index is 139. The molecule has 1 aliphatic rings. The van der Waals surface area contributed by atoms with E-state index in [1.165, 1.54) is 38.9 Å². The summed E-state index contributed by atoms with van der Waals surface area (Å²) in [5.41, 5.74) is 5.26. The third kappa shape index (κ3) is 3.72. The van der Waals surface area contributed by atoms with Gasteiger partial charge in [0.25, 0.3) is 0 Å². The van der Waals surface area contributed by atoms with E-state index in [9.17, 15) is 0 Å². The predicted octanol–water partition coefficient (Wildman–Crippen LogP) is 1.19. The molecule has 1 aliphatic heterocycles. The number of amidine groups is 1. The Morgan fingerprint density at radius 1 is 1.25 bits per heavy atom. The summed E-state index contributed by atoms with van der Waals surface area (Å²) < 4.78 is 0. The summed E-state index contributed by atoms with van der Waals surface area (Å²) in [6.07, 6.45) is 5.78. The standard InChI is InChI=1S/C9H19N3/c10-9(11)5-1-2-6-12-7-3-4-8-12/h1-8H2,(H3,10,11). The molecule has 0 saturated carbocycles. The second-order valence-corrected chi connectivity index (χ2v) is 3.53. The van der Waals surface area contributed by atoms with E-state index >= 15 is 0 Å². The molecule has 3 N–H and O–H groups in total. The number of hydrogen-bond acceptors (Lipinski definition) is 2. The molecule has 0 aromatic carbocycles. The van der Waals surface area contributed by atoms with E-state index in [0.29, 0.717) is 5.84 Å². The molecular weight excluding hydrogens is 150 g/mol. The van der Waals surface area contributed by atoms with Crippen molar-refractivity contribution < 1.29 is 0 Å². The molecule has 3 heteroatoms. The van der Waals surface area contributed by atoms with Crippen LogP contribution in [0.3, 0.4) is 0 Å². The molecular formula is C9H19N3. The minimum Gasteiger partial charge on any atom is -0.388 e. The molecule has 12 heavy (non-hydrogen) atoms. The first kappa shape index (κ1) is 9.52. The normalized spacial score (nSPS) is 18.3. The van der Waals surface area contributed by atoms with Crippen molar-refractivity contribution in [3.63, 3.8) is 0 Å². The van der Waals surface area contributed by atoms with E-state index in [0.717, 1.165) is 12.8 Å². The Labute approximate surface area is 74.4 Å². The maximum Gasteiger partial charge on any atom is 0.0905 e. The second kappa shape index (κ2) is 5.14. The Kier molecular flexibility index (Phi) is 4.08. The van der Waals surface area contributed by atoms with Gasteiger partial charge in [0.2, 0.25) is 0 Å². The maximum atomic E-state index is 7.05. The fourth-order valence-electron chi connectivity index (χ4n) is 1.66. The van der Waals surface area contributed by atoms with Crippen LogP contribution >= 0.6 is 0 Å². The highest BCUT2D eigenvalue weighted by molar-refractivity contribution is 5.76. The number of unbranched alkanes of at least 4 members (excludes halogenated alkanes) is 1. The van der Waals surface area contributed by atoms with Crippen molar-refractivity contribution in [3.8, 4) is 0 Å². The topological polar surface area (TPSA) is 53.1 Å². The second-order valence-electron chi connectivity index (χ2n) is 3.53. The molecule has 1 fully saturated rings. The Morgan fingerprint density at radius 3 is 2.50 bits per heavy atom. The van der Waals surface area contributed by atoms with Crippen LogP contribution in [-0.4, -0.2) is 30.4 Å². The summed E-state index contributed by atoms with van der Waals surface area (Å²) in [5, 5.41) is 7.05. The van der Waals surface area contributed by atoms with E-state index in [1.807, 2.05) is 0 Å². The molecule has 1 rings (SSSR count). The van der Waals surface area contributed by atoms with Gasteiger partial charge in [0, 0.05) is 6.42 Å². The summed E-state index contributed by atoms with van der Waals surface area (Å²) in [6, 6.07) is 0. The quantitative estimate of drug-likeness (QED) is 0.369. The third-order valence-electron chi connectivity index (χ3n) is 2.37. The van der Waals surface area contributed by atoms with Crippen LogP contribution in [-0.2, 0) is 0 Å². The van der Waals surface area contributed by atoms with Crippen LogP contribution in [0.5, 0.6) is 0 Å². The molecule has 0 unspecified atom stereocenters. The Morgan fingerprint density at radius 2 is 1.92 bits per heavy atom. The largest absolute Gasteiger partial charge is 0.388 e. The van der Waals surface area contributed by atoms with E-state index in [2.05, 4.69) is 4.90 Å². The fourth-order valence-corrected chi connectivity index (χ4v) is 1.66. The Hall–Kier alpha value is -0.570. The molecule has 0 amide bonds. The lowest BCUT2D eigenvalue weighted by Crippen LogP contribution is -2.20. The van der Waals surface area contributed by atoms with Gasteiger partial charge in [-0.1, -0.05) is 0 Å². The lowest BCUT2D eigenvalue weighted by Gasteiger charge is -2.13. The van der Waals surface area contributed by atoms with Gasteiger partial charge in [-0.3, -0.25) is 5.41 Å². The monoisotopic (exact) mass is 169 g/mol. The summed E-state index contributed by atoms with van der Waals surface area (Å²) in [7, 11) is 0. The summed E-state index contributed by atoms with van der Waals surface area (Å²) >= 11 is 0. The first-order valence-electron chi connectivity index (χ1n) is 4.84. The predicted molar refractivity (Wildman–Crippen MR) is 51.4 cm³/mol. The van der Waals surface area contributed by atoms with Gasteiger partial charge >= 0.3 is 0 Å². The fraction of sp³-hybridized carbons (Fsp3) is 0.889. The van der Waals surface area contributed by atoms with Gasteiger partial charge in [-0.2, -0.15) is 0 Å². The lowest BCUT2D eigenvalue weighted by molar-refractivity contribution is 0.331. The summed E-state index contributed by atoms with van der Waals surface area (Å²) in [6.45, 7) is 3.76. The van der Waals surface area contributed by atoms with Gasteiger partial charge in [0.15, 0.2) is 0 Å². The molecule has 1 heterocycles. The molecule has 0 atom stereocenters. The van der Waals surface area contributed by atoms with Gasteiger partial charge < -0.3 is 10.6 Å². The zero-order chi connectivity index (χ0) is 8.81. The van der Waals surface area contributed by atoms with E-state index < -0.39 is 0 Å². The molecule has 0 aromatic rings. The van der Waals surface area contributed by atoms with Crippen molar-refractivity contribution >= 4 is 5.84 Å². The highest BCUT2D eigenvalue weighted by atomic mass is 15.1. The summed E-state index contributed by atoms with van der Waals surface area (Å²) in [5.74, 6) is 0.330. The van der Waals surface area contributed by atoms with E-state index in [1.54, 1.807) is 0 Å². The molecule has 1 saturated heterocycles. The van der Waals surface area contributed by atoms with Gasteiger partial charge in [-0.05, 0) is 45.3 Å². The summed E-state index contributed by atoms with van der Waals surface area (Å²) in [4.78, 5) is 2.50. The average Bonchev–Trinajstić information content (AvgIpc) is 2.49. The molecule has 0 radical (unpaired) electrons. The van der Waals surface area contributed by atoms with Crippen LogP contribution in [0, 0.1) is 5.41 Å². The average molecular weight is 169 g/mol. The lowest BCUT2D eigenvalue weighted by atomic mass is 10.2. The SMILES string of the molecule is N=C(N)CCCCN1CCCC1. The first-order chi connectivity index (χ1) is 5.79. The maximum absolute atomic E-state index is 7.05. The van der Waals surface area contributed by atoms with Gasteiger partial charge in [0.1, 0.15) is 0 Å². The molecule has 0 spiro atoms. The van der Waals surface area contributed by atoms with Crippen LogP contribution in [0.25, 0.3) is 0 Å². The van der Waals surface area contributed by atoms with Crippen LogP contribution in [0.1, 0.15) is 32.1 Å². The number of nitrogens with two attached hydrogens (primary N) is 1. The van der Waals surface area contributed by atoms with Crippen LogP contribution < -0.4 is 5.73 Å². The molecule has 70 valence electrons. The minimum absolute atomic E-state index is 0.330. The van der Waals surface area contributed by atoms with Crippen molar-refractivity contribution in [1.29, 1.82) is 5.41 Å². The van der Waals surface area contributed by atoms with Crippen LogP contribution in [0.4, 0.5) is 0 Å². The number of hydrogen-bond donors (Lipinski definition) is 2. The highest BCUT2D eigenvalue weighted by Crippen LogP contribution is 2.08. The first-order valence-corrected chi connectivity index (χ1v) is 4.84. The smallest absolute Gasteiger partial charge is 0.0905 e. The van der Waals surface area contributed by atoms with Crippen molar-refractivity contribution in [3.05, 3.63) is 0 Å². The van der Waals surface area contributed by atoms with Gasteiger partial charge in [0.05, 0.1) is 5.84 Å². The molecule has 0 bridgehead atoms. The molecule has 3 nitrogen and oxygen atoms in total. The van der Waals surface area contributed by atoms with Crippen molar-refractivity contribution in [2.45, 2.75) is 32.1 Å². The van der Waals surface area contributed by atoms with E-state index in [4.69, 9.17) is 11.1 Å². The highest BCUT2D eigenvalue weighted by Gasteiger charge is 2.09. The van der Waals surface area contributed by atoms with Crippen molar-refractivity contribution in [1.82, 2.24) is 4.90 Å². The zero-order valence-electron chi connectivity index (χ0n) is 7.68. The Balaban J connectivity index is 1.91. The molecule has 0 aliphatic carbocycles. The van der Waals surface area contributed by atoms with Gasteiger partial charge in [-0.15, -0.1) is 0 Å². The van der Waals surface area contributed by atoms with Crippen molar-refractivity contribution in [2.24, 2.45) is 5.73 Å². The number of nitrogens with zero attached hydrogens (tertiary/aromatic N) is 1. The number of nitrogens with one attached hydrogen (secondary N) is 1. The molecule has 0 aromatic heterocycles.